The summed E-state index contributed by atoms with van der Waals surface area (Å²) in [4.78, 5) is 2.24. The van der Waals surface area contributed by atoms with Crippen molar-refractivity contribution in [3.63, 3.8) is 0 Å². The largest absolute Gasteiger partial charge is 0.305 e. The van der Waals surface area contributed by atoms with Gasteiger partial charge in [-0.1, -0.05) is 27.2 Å². The molecule has 2 heteroatoms. The topological polar surface area (TPSA) is 27.0 Å². The van der Waals surface area contributed by atoms with Crippen molar-refractivity contribution in [3.05, 3.63) is 0 Å². The number of hydrogen-bond donors (Lipinski definition) is 0. The van der Waals surface area contributed by atoms with E-state index < -0.39 is 0 Å². The Morgan fingerprint density at radius 1 is 1.31 bits per heavy atom. The Morgan fingerprint density at radius 2 is 1.94 bits per heavy atom. The van der Waals surface area contributed by atoms with Crippen molar-refractivity contribution in [2.24, 2.45) is 17.3 Å². The molecule has 0 aromatic carbocycles. The molecule has 0 aromatic rings. The van der Waals surface area contributed by atoms with E-state index in [0.29, 0.717) is 11.5 Å². The molecule has 0 heterocycles. The fraction of sp³-hybridized carbons (Fsp3) is 0.929. The van der Waals surface area contributed by atoms with Gasteiger partial charge in [-0.3, -0.25) is 0 Å². The summed E-state index contributed by atoms with van der Waals surface area (Å²) in [7, 11) is 4.21. The highest BCUT2D eigenvalue weighted by atomic mass is 15.1. The van der Waals surface area contributed by atoms with Gasteiger partial charge in [-0.05, 0) is 44.7 Å². The van der Waals surface area contributed by atoms with E-state index >= 15 is 0 Å². The summed E-state index contributed by atoms with van der Waals surface area (Å²) in [6.07, 6.45) is 4.72. The number of hydrogen-bond acceptors (Lipinski definition) is 2. The summed E-state index contributed by atoms with van der Waals surface area (Å²) < 4.78 is 0. The highest BCUT2D eigenvalue weighted by Crippen LogP contribution is 2.42. The monoisotopic (exact) mass is 222 g/mol. The van der Waals surface area contributed by atoms with Crippen LogP contribution in [0.15, 0.2) is 0 Å². The highest BCUT2D eigenvalue weighted by molar-refractivity contribution is 4.98. The second-order valence-electron chi connectivity index (χ2n) is 6.12. The molecule has 0 amide bonds. The Morgan fingerprint density at radius 3 is 2.38 bits per heavy atom. The van der Waals surface area contributed by atoms with Gasteiger partial charge >= 0.3 is 0 Å². The standard InChI is InChI=1S/C14H26N2/c1-6-14(2,3)12-8-7-11(10-15)13(9-12)16(4)5/h11-13H,6-9H2,1-5H3. The summed E-state index contributed by atoms with van der Waals surface area (Å²) in [5, 5.41) is 9.18. The Bertz CT molecular complexity index is 262. The molecule has 0 N–H and O–H groups in total. The number of nitrogens with zero attached hydrogens (tertiary/aromatic N) is 2. The Hall–Kier alpha value is -0.550. The molecule has 16 heavy (non-hydrogen) atoms. The average Bonchev–Trinajstić information content (AvgIpc) is 2.28. The van der Waals surface area contributed by atoms with Crippen LogP contribution in [0, 0.1) is 28.6 Å². The van der Waals surface area contributed by atoms with Gasteiger partial charge in [0, 0.05) is 6.04 Å². The van der Waals surface area contributed by atoms with Gasteiger partial charge in [-0.2, -0.15) is 5.26 Å². The minimum atomic E-state index is 0.235. The summed E-state index contributed by atoms with van der Waals surface area (Å²) in [5.41, 5.74) is 0.425. The maximum atomic E-state index is 9.18. The first kappa shape index (κ1) is 13.5. The Labute approximate surface area is 101 Å². The van der Waals surface area contributed by atoms with Crippen molar-refractivity contribution in [2.75, 3.05) is 14.1 Å². The lowest BCUT2D eigenvalue weighted by molar-refractivity contribution is 0.0758. The molecule has 3 atom stereocenters. The summed E-state index contributed by atoms with van der Waals surface area (Å²) in [5.74, 6) is 1.01. The molecule has 1 aliphatic rings. The lowest BCUT2D eigenvalue weighted by Crippen LogP contribution is -2.43. The third-order valence-electron chi connectivity index (χ3n) is 4.66. The lowest BCUT2D eigenvalue weighted by Gasteiger charge is -2.43. The van der Waals surface area contributed by atoms with Crippen LogP contribution in [-0.2, 0) is 0 Å². The molecular weight excluding hydrogens is 196 g/mol. The van der Waals surface area contributed by atoms with Gasteiger partial charge in [0.15, 0.2) is 0 Å². The molecular formula is C14H26N2. The van der Waals surface area contributed by atoms with Crippen molar-refractivity contribution in [1.82, 2.24) is 4.90 Å². The third kappa shape index (κ3) is 2.77. The molecule has 3 unspecified atom stereocenters. The van der Waals surface area contributed by atoms with Crippen LogP contribution in [0.25, 0.3) is 0 Å². The molecule has 0 bridgehead atoms. The maximum absolute atomic E-state index is 9.18. The fourth-order valence-corrected chi connectivity index (χ4v) is 2.87. The number of rotatable bonds is 3. The van der Waals surface area contributed by atoms with Gasteiger partial charge in [-0.25, -0.2) is 0 Å². The highest BCUT2D eigenvalue weighted by Gasteiger charge is 2.37. The predicted octanol–water partition coefficient (Wildman–Crippen LogP) is 3.29. The van der Waals surface area contributed by atoms with Crippen molar-refractivity contribution in [1.29, 1.82) is 5.26 Å². The minimum absolute atomic E-state index is 0.235. The van der Waals surface area contributed by atoms with Crippen LogP contribution >= 0.6 is 0 Å². The maximum Gasteiger partial charge on any atom is 0.0672 e. The van der Waals surface area contributed by atoms with Crippen LogP contribution in [0.5, 0.6) is 0 Å². The molecule has 1 saturated carbocycles. The first-order chi connectivity index (χ1) is 7.42. The first-order valence-corrected chi connectivity index (χ1v) is 6.48. The van der Waals surface area contributed by atoms with Crippen LogP contribution in [0.3, 0.4) is 0 Å². The van der Waals surface area contributed by atoms with E-state index in [-0.39, 0.29) is 5.92 Å². The molecule has 92 valence electrons. The smallest absolute Gasteiger partial charge is 0.0672 e. The average molecular weight is 222 g/mol. The summed E-state index contributed by atoms with van der Waals surface area (Å²) >= 11 is 0. The van der Waals surface area contributed by atoms with Gasteiger partial charge in [0.2, 0.25) is 0 Å². The summed E-state index contributed by atoms with van der Waals surface area (Å²) in [6, 6.07) is 2.94. The van der Waals surface area contributed by atoms with Gasteiger partial charge in [0.05, 0.1) is 12.0 Å². The van der Waals surface area contributed by atoms with E-state index in [1.807, 2.05) is 0 Å². The molecule has 1 fully saturated rings. The van der Waals surface area contributed by atoms with E-state index in [4.69, 9.17) is 0 Å². The molecule has 0 saturated heterocycles. The molecule has 0 aliphatic heterocycles. The molecule has 1 rings (SSSR count). The zero-order valence-corrected chi connectivity index (χ0v) is 11.5. The van der Waals surface area contributed by atoms with Crippen LogP contribution in [0.4, 0.5) is 0 Å². The Balaban J connectivity index is 2.74. The van der Waals surface area contributed by atoms with E-state index in [2.05, 4.69) is 45.8 Å². The second kappa shape index (κ2) is 5.19. The summed E-state index contributed by atoms with van der Waals surface area (Å²) in [6.45, 7) is 7.02. The molecule has 0 radical (unpaired) electrons. The van der Waals surface area contributed by atoms with Gasteiger partial charge in [0.1, 0.15) is 0 Å². The zero-order chi connectivity index (χ0) is 12.3. The molecule has 1 aliphatic carbocycles. The van der Waals surface area contributed by atoms with Crippen LogP contribution in [0.1, 0.15) is 46.5 Å². The van der Waals surface area contributed by atoms with Crippen molar-refractivity contribution >= 4 is 0 Å². The third-order valence-corrected chi connectivity index (χ3v) is 4.66. The second-order valence-corrected chi connectivity index (χ2v) is 6.12. The normalized spacial score (nSPS) is 31.4. The molecule has 2 nitrogen and oxygen atoms in total. The number of nitriles is 1. The predicted molar refractivity (Wildman–Crippen MR) is 68.0 cm³/mol. The molecule has 0 aromatic heterocycles. The van der Waals surface area contributed by atoms with E-state index in [1.54, 1.807) is 0 Å². The SMILES string of the molecule is CCC(C)(C)C1CCC(C#N)C(N(C)C)C1. The van der Waals surface area contributed by atoms with E-state index in [0.717, 1.165) is 12.3 Å². The van der Waals surface area contributed by atoms with Crippen molar-refractivity contribution in [2.45, 2.75) is 52.5 Å². The fourth-order valence-electron chi connectivity index (χ4n) is 2.87. The van der Waals surface area contributed by atoms with E-state index in [1.165, 1.54) is 19.3 Å². The van der Waals surface area contributed by atoms with Crippen molar-refractivity contribution in [3.8, 4) is 6.07 Å². The van der Waals surface area contributed by atoms with Crippen LogP contribution < -0.4 is 0 Å². The van der Waals surface area contributed by atoms with Crippen LogP contribution in [-0.4, -0.2) is 25.0 Å². The van der Waals surface area contributed by atoms with Crippen molar-refractivity contribution < 1.29 is 0 Å². The van der Waals surface area contributed by atoms with Crippen LogP contribution in [0.2, 0.25) is 0 Å². The zero-order valence-electron chi connectivity index (χ0n) is 11.5. The molecule has 0 spiro atoms. The van der Waals surface area contributed by atoms with Gasteiger partial charge in [0.25, 0.3) is 0 Å². The van der Waals surface area contributed by atoms with Gasteiger partial charge in [-0.15, -0.1) is 0 Å². The lowest BCUT2D eigenvalue weighted by atomic mass is 9.66. The minimum Gasteiger partial charge on any atom is -0.305 e. The van der Waals surface area contributed by atoms with Gasteiger partial charge < -0.3 is 4.90 Å². The first-order valence-electron chi connectivity index (χ1n) is 6.48. The van der Waals surface area contributed by atoms with E-state index in [9.17, 15) is 5.26 Å². The quantitative estimate of drug-likeness (QED) is 0.732. The Kier molecular flexibility index (Phi) is 4.38.